The van der Waals surface area contributed by atoms with Crippen molar-refractivity contribution in [2.75, 3.05) is 4.90 Å². The molecule has 32 heavy (non-hydrogen) atoms. The van der Waals surface area contributed by atoms with Crippen LogP contribution in [0.1, 0.15) is 39.2 Å². The minimum atomic E-state index is -1.32. The van der Waals surface area contributed by atoms with Crippen molar-refractivity contribution in [3.05, 3.63) is 66.0 Å². The van der Waals surface area contributed by atoms with Crippen molar-refractivity contribution in [1.29, 1.82) is 0 Å². The SMILES string of the molecule is CC(C)(C)OC(=O)C12CCC(c3ccc(F)cc3)(N1)C1C(=O)N(c3ccccc3)C(=O)C12. The van der Waals surface area contributed by atoms with Gasteiger partial charge in [-0.3, -0.25) is 19.7 Å². The van der Waals surface area contributed by atoms with Crippen LogP contribution in [0, 0.1) is 17.7 Å². The minimum Gasteiger partial charge on any atom is -0.459 e. The van der Waals surface area contributed by atoms with Gasteiger partial charge in [0.1, 0.15) is 17.0 Å². The molecule has 7 heteroatoms. The van der Waals surface area contributed by atoms with Gasteiger partial charge in [-0.15, -0.1) is 0 Å². The molecule has 0 spiro atoms. The Morgan fingerprint density at radius 1 is 1.00 bits per heavy atom. The summed E-state index contributed by atoms with van der Waals surface area (Å²) in [5, 5.41) is 3.38. The summed E-state index contributed by atoms with van der Waals surface area (Å²) in [5.74, 6) is -3.37. The molecule has 2 bridgehead atoms. The first-order chi connectivity index (χ1) is 15.1. The molecule has 3 aliphatic rings. The number of nitrogens with zero attached hydrogens (tertiary/aromatic N) is 1. The van der Waals surface area contributed by atoms with Gasteiger partial charge in [0.05, 0.1) is 23.1 Å². The highest BCUT2D eigenvalue weighted by Gasteiger charge is 2.77. The zero-order valence-electron chi connectivity index (χ0n) is 18.2. The minimum absolute atomic E-state index is 0.349. The maximum absolute atomic E-state index is 13.7. The molecular weight excluding hydrogens is 411 g/mol. The predicted octanol–water partition coefficient (Wildman–Crippen LogP) is 3.30. The van der Waals surface area contributed by atoms with E-state index < -0.39 is 46.2 Å². The molecule has 0 aromatic heterocycles. The van der Waals surface area contributed by atoms with Gasteiger partial charge >= 0.3 is 5.97 Å². The molecule has 2 aromatic rings. The maximum atomic E-state index is 13.7. The number of carbonyl (C=O) groups is 3. The van der Waals surface area contributed by atoms with Crippen molar-refractivity contribution >= 4 is 23.5 Å². The van der Waals surface area contributed by atoms with E-state index in [-0.39, 0.29) is 5.91 Å². The fourth-order valence-corrected chi connectivity index (χ4v) is 5.67. The molecule has 3 aliphatic heterocycles. The molecule has 4 atom stereocenters. The molecule has 4 unspecified atom stereocenters. The van der Waals surface area contributed by atoms with E-state index in [0.717, 1.165) is 0 Å². The summed E-state index contributed by atoms with van der Waals surface area (Å²) >= 11 is 0. The van der Waals surface area contributed by atoms with E-state index in [1.54, 1.807) is 57.2 Å². The number of para-hydroxylation sites is 1. The summed E-state index contributed by atoms with van der Waals surface area (Å²) < 4.78 is 19.4. The largest absolute Gasteiger partial charge is 0.459 e. The van der Waals surface area contributed by atoms with E-state index in [4.69, 9.17) is 4.74 Å². The van der Waals surface area contributed by atoms with Gasteiger partial charge in [-0.25, -0.2) is 9.29 Å². The smallest absolute Gasteiger partial charge is 0.327 e. The van der Waals surface area contributed by atoms with Crippen molar-refractivity contribution in [3.63, 3.8) is 0 Å². The summed E-state index contributed by atoms with van der Waals surface area (Å²) in [6, 6.07) is 14.7. The van der Waals surface area contributed by atoms with Crippen LogP contribution in [-0.4, -0.2) is 28.9 Å². The Bertz CT molecular complexity index is 1110. The fourth-order valence-electron chi connectivity index (χ4n) is 5.67. The third kappa shape index (κ3) is 2.77. The number of fused-ring (bicyclic) bond motifs is 5. The number of amides is 2. The first kappa shape index (κ1) is 20.8. The number of benzene rings is 2. The molecule has 0 radical (unpaired) electrons. The second kappa shape index (κ2) is 6.72. The number of imide groups is 1. The highest BCUT2D eigenvalue weighted by molar-refractivity contribution is 6.24. The summed E-state index contributed by atoms with van der Waals surface area (Å²) in [4.78, 5) is 42.1. The number of hydrogen-bond acceptors (Lipinski definition) is 5. The average Bonchev–Trinajstić information content (AvgIpc) is 3.36. The lowest BCUT2D eigenvalue weighted by Crippen LogP contribution is -2.56. The molecule has 6 nitrogen and oxygen atoms in total. The zero-order chi connectivity index (χ0) is 22.9. The average molecular weight is 436 g/mol. The van der Waals surface area contributed by atoms with Gasteiger partial charge in [0, 0.05) is 0 Å². The number of hydrogen-bond donors (Lipinski definition) is 1. The van der Waals surface area contributed by atoms with Crippen LogP contribution < -0.4 is 10.2 Å². The summed E-state index contributed by atoms with van der Waals surface area (Å²) in [6.45, 7) is 5.32. The molecule has 3 fully saturated rings. The van der Waals surface area contributed by atoms with E-state index in [1.807, 2.05) is 6.07 Å². The Kier molecular flexibility index (Phi) is 4.37. The van der Waals surface area contributed by atoms with Crippen LogP contribution in [0.3, 0.4) is 0 Å². The highest BCUT2D eigenvalue weighted by Crippen LogP contribution is 2.61. The number of anilines is 1. The van der Waals surface area contributed by atoms with Crippen LogP contribution in [0.4, 0.5) is 10.1 Å². The molecule has 1 N–H and O–H groups in total. The lowest BCUT2D eigenvalue weighted by atomic mass is 9.65. The number of halogens is 1. The first-order valence-electron chi connectivity index (χ1n) is 10.8. The molecule has 3 heterocycles. The van der Waals surface area contributed by atoms with Crippen LogP contribution >= 0.6 is 0 Å². The van der Waals surface area contributed by atoms with Crippen molar-refractivity contribution < 1.29 is 23.5 Å². The molecule has 3 saturated heterocycles. The zero-order valence-corrected chi connectivity index (χ0v) is 18.2. The highest BCUT2D eigenvalue weighted by atomic mass is 19.1. The topological polar surface area (TPSA) is 75.7 Å². The van der Waals surface area contributed by atoms with E-state index >= 15 is 0 Å². The predicted molar refractivity (Wildman–Crippen MR) is 115 cm³/mol. The summed E-state index contributed by atoms with van der Waals surface area (Å²) in [6.07, 6.45) is 0.808. The van der Waals surface area contributed by atoms with Gasteiger partial charge in [-0.2, -0.15) is 0 Å². The van der Waals surface area contributed by atoms with Crippen molar-refractivity contribution in [2.24, 2.45) is 11.8 Å². The van der Waals surface area contributed by atoms with E-state index in [9.17, 15) is 18.8 Å². The van der Waals surface area contributed by atoms with Gasteiger partial charge < -0.3 is 4.74 Å². The number of ether oxygens (including phenoxy) is 1. The van der Waals surface area contributed by atoms with E-state index in [1.165, 1.54) is 17.0 Å². The molecule has 166 valence electrons. The van der Waals surface area contributed by atoms with E-state index in [0.29, 0.717) is 24.1 Å². The molecule has 0 saturated carbocycles. The van der Waals surface area contributed by atoms with E-state index in [2.05, 4.69) is 5.32 Å². The van der Waals surface area contributed by atoms with Crippen LogP contribution in [0.15, 0.2) is 54.6 Å². The van der Waals surface area contributed by atoms with Crippen LogP contribution in [-0.2, 0) is 24.7 Å². The van der Waals surface area contributed by atoms with Crippen molar-refractivity contribution in [3.8, 4) is 0 Å². The third-order valence-corrected chi connectivity index (χ3v) is 6.86. The molecule has 5 rings (SSSR count). The van der Waals surface area contributed by atoms with Crippen LogP contribution in [0.5, 0.6) is 0 Å². The van der Waals surface area contributed by atoms with Gasteiger partial charge in [-0.05, 0) is 63.4 Å². The fraction of sp³-hybridized carbons (Fsp3) is 0.400. The second-order valence-electron chi connectivity index (χ2n) is 9.88. The third-order valence-electron chi connectivity index (χ3n) is 6.86. The molecule has 2 aromatic carbocycles. The number of rotatable bonds is 3. The van der Waals surface area contributed by atoms with Crippen molar-refractivity contribution in [1.82, 2.24) is 5.32 Å². The van der Waals surface area contributed by atoms with Gasteiger partial charge in [0.15, 0.2) is 0 Å². The molecular formula is C25H25FN2O4. The molecule has 2 amide bonds. The molecule has 0 aliphatic carbocycles. The van der Waals surface area contributed by atoms with Gasteiger partial charge in [-0.1, -0.05) is 30.3 Å². The Labute approximate surface area is 185 Å². The standard InChI is InChI=1S/C25H25FN2O4/c1-23(2,3)32-22(31)25-14-13-24(27-25,15-9-11-16(26)12-10-15)18-19(25)21(30)28(20(18)29)17-7-5-4-6-8-17/h4-12,18-19,27H,13-14H2,1-3H3. The number of nitrogens with one attached hydrogen (secondary N) is 1. The number of esters is 1. The second-order valence-corrected chi connectivity index (χ2v) is 9.88. The maximum Gasteiger partial charge on any atom is 0.327 e. The lowest BCUT2D eigenvalue weighted by molar-refractivity contribution is -0.165. The van der Waals surface area contributed by atoms with Gasteiger partial charge in [0.25, 0.3) is 0 Å². The normalized spacial score (nSPS) is 31.2. The monoisotopic (exact) mass is 436 g/mol. The number of carbonyl (C=O) groups excluding carboxylic acids is 3. The summed E-state index contributed by atoms with van der Waals surface area (Å²) in [7, 11) is 0. The summed E-state index contributed by atoms with van der Waals surface area (Å²) in [5.41, 5.74) is -1.86. The van der Waals surface area contributed by atoms with Crippen LogP contribution in [0.25, 0.3) is 0 Å². The first-order valence-corrected chi connectivity index (χ1v) is 10.8. The lowest BCUT2D eigenvalue weighted by Gasteiger charge is -2.34. The van der Waals surface area contributed by atoms with Crippen LogP contribution in [0.2, 0.25) is 0 Å². The van der Waals surface area contributed by atoms with Crippen molar-refractivity contribution in [2.45, 2.75) is 50.3 Å². The Hall–Kier alpha value is -3.06. The Morgan fingerprint density at radius 3 is 2.25 bits per heavy atom. The Morgan fingerprint density at radius 2 is 1.62 bits per heavy atom. The Balaban J connectivity index is 1.66. The quantitative estimate of drug-likeness (QED) is 0.590. The van der Waals surface area contributed by atoms with Gasteiger partial charge in [0.2, 0.25) is 11.8 Å².